The predicted octanol–water partition coefficient (Wildman–Crippen LogP) is 4.49. The minimum Gasteiger partial charge on any atom is -0.497 e. The third-order valence-corrected chi connectivity index (χ3v) is 6.09. The third kappa shape index (κ3) is 4.01. The number of nitrogens with one attached hydrogen (secondary N) is 2. The van der Waals surface area contributed by atoms with Crippen LogP contribution in [0, 0.1) is 5.92 Å². The minimum absolute atomic E-state index is 0.00108. The first-order chi connectivity index (χ1) is 15.7. The van der Waals surface area contributed by atoms with Gasteiger partial charge < -0.3 is 19.9 Å². The van der Waals surface area contributed by atoms with Gasteiger partial charge in [0.05, 0.1) is 30.8 Å². The van der Waals surface area contributed by atoms with Crippen LogP contribution in [0.5, 0.6) is 5.75 Å². The number of fused-ring (bicyclic) bond motifs is 1. The Morgan fingerprint density at radius 1 is 1.12 bits per heavy atom. The maximum absolute atomic E-state index is 12.8. The number of ether oxygens (including phenoxy) is 1. The van der Waals surface area contributed by atoms with Crippen LogP contribution in [0.1, 0.15) is 12.8 Å². The lowest BCUT2D eigenvalue weighted by atomic mass is 9.95. The molecule has 1 amide bonds. The Balaban J connectivity index is 1.23. The SMILES string of the molecule is COc1ccc2nccc(N3CCC(C(=O)Nc4ccc(-c5cnc[nH]5)cc4)CC3)c2c1. The van der Waals surface area contributed by atoms with Gasteiger partial charge in [-0.15, -0.1) is 0 Å². The quantitative estimate of drug-likeness (QED) is 0.490. The van der Waals surface area contributed by atoms with Crippen LogP contribution >= 0.6 is 0 Å². The van der Waals surface area contributed by atoms with Crippen LogP contribution in [0.2, 0.25) is 0 Å². The topological polar surface area (TPSA) is 83.1 Å². The lowest BCUT2D eigenvalue weighted by molar-refractivity contribution is -0.120. The number of pyridine rings is 1. The number of aromatic amines is 1. The third-order valence-electron chi connectivity index (χ3n) is 6.09. The summed E-state index contributed by atoms with van der Waals surface area (Å²) < 4.78 is 5.39. The normalized spacial score (nSPS) is 14.5. The lowest BCUT2D eigenvalue weighted by Crippen LogP contribution is -2.38. The second-order valence-electron chi connectivity index (χ2n) is 8.01. The molecular formula is C25H25N5O2. The molecular weight excluding hydrogens is 402 g/mol. The second kappa shape index (κ2) is 8.70. The van der Waals surface area contributed by atoms with Crippen molar-refractivity contribution in [1.82, 2.24) is 15.0 Å². The van der Waals surface area contributed by atoms with Gasteiger partial charge in [-0.05, 0) is 54.8 Å². The molecule has 7 nitrogen and oxygen atoms in total. The van der Waals surface area contributed by atoms with E-state index < -0.39 is 0 Å². The van der Waals surface area contributed by atoms with Crippen LogP contribution in [-0.4, -0.2) is 41.1 Å². The molecule has 0 radical (unpaired) electrons. The summed E-state index contributed by atoms with van der Waals surface area (Å²) in [6, 6.07) is 15.8. The average molecular weight is 428 g/mol. The molecule has 1 fully saturated rings. The molecule has 2 aromatic carbocycles. The number of anilines is 2. The summed E-state index contributed by atoms with van der Waals surface area (Å²) in [5, 5.41) is 4.15. The summed E-state index contributed by atoms with van der Waals surface area (Å²) in [5.41, 5.74) is 4.89. The first-order valence-electron chi connectivity index (χ1n) is 10.8. The van der Waals surface area contributed by atoms with Gasteiger partial charge in [0, 0.05) is 42.0 Å². The smallest absolute Gasteiger partial charge is 0.227 e. The van der Waals surface area contributed by atoms with Crippen molar-refractivity contribution in [2.24, 2.45) is 5.92 Å². The molecule has 0 aliphatic carbocycles. The van der Waals surface area contributed by atoms with Crippen molar-refractivity contribution in [2.45, 2.75) is 12.8 Å². The van der Waals surface area contributed by atoms with E-state index in [2.05, 4.69) is 25.2 Å². The molecule has 4 aromatic rings. The van der Waals surface area contributed by atoms with Crippen LogP contribution in [0.25, 0.3) is 22.2 Å². The highest BCUT2D eigenvalue weighted by Gasteiger charge is 2.26. The largest absolute Gasteiger partial charge is 0.497 e. The van der Waals surface area contributed by atoms with E-state index >= 15 is 0 Å². The maximum atomic E-state index is 12.8. The van der Waals surface area contributed by atoms with Gasteiger partial charge >= 0.3 is 0 Å². The molecule has 7 heteroatoms. The highest BCUT2D eigenvalue weighted by atomic mass is 16.5. The van der Waals surface area contributed by atoms with Crippen LogP contribution in [-0.2, 0) is 4.79 Å². The highest BCUT2D eigenvalue weighted by molar-refractivity contribution is 5.94. The van der Waals surface area contributed by atoms with Crippen molar-refractivity contribution in [3.8, 4) is 17.0 Å². The van der Waals surface area contributed by atoms with Gasteiger partial charge in [0.25, 0.3) is 0 Å². The van der Waals surface area contributed by atoms with Gasteiger partial charge in [0.1, 0.15) is 5.75 Å². The van der Waals surface area contributed by atoms with E-state index in [-0.39, 0.29) is 11.8 Å². The van der Waals surface area contributed by atoms with Gasteiger partial charge in [-0.2, -0.15) is 0 Å². The van der Waals surface area contributed by atoms with Crippen molar-refractivity contribution in [3.63, 3.8) is 0 Å². The number of imidazole rings is 1. The van der Waals surface area contributed by atoms with Crippen molar-refractivity contribution in [3.05, 3.63) is 67.3 Å². The maximum Gasteiger partial charge on any atom is 0.227 e. The molecule has 162 valence electrons. The number of aromatic nitrogens is 3. The average Bonchev–Trinajstić information content (AvgIpc) is 3.39. The number of hydrogen-bond acceptors (Lipinski definition) is 5. The second-order valence-corrected chi connectivity index (χ2v) is 8.01. The number of piperidine rings is 1. The molecule has 1 aliphatic heterocycles. The summed E-state index contributed by atoms with van der Waals surface area (Å²) in [5.74, 6) is 0.904. The summed E-state index contributed by atoms with van der Waals surface area (Å²) >= 11 is 0. The molecule has 2 N–H and O–H groups in total. The van der Waals surface area contributed by atoms with Gasteiger partial charge in [-0.3, -0.25) is 9.78 Å². The summed E-state index contributed by atoms with van der Waals surface area (Å²) in [6.07, 6.45) is 6.90. The Bertz CT molecular complexity index is 1210. The monoisotopic (exact) mass is 427 g/mol. The zero-order valence-electron chi connectivity index (χ0n) is 17.9. The zero-order chi connectivity index (χ0) is 21.9. The molecule has 1 saturated heterocycles. The van der Waals surface area contributed by atoms with Gasteiger partial charge in [0.2, 0.25) is 5.91 Å². The van der Waals surface area contributed by atoms with Gasteiger partial charge in [-0.25, -0.2) is 4.98 Å². The van der Waals surface area contributed by atoms with E-state index in [1.165, 1.54) is 0 Å². The fourth-order valence-corrected chi connectivity index (χ4v) is 4.29. The van der Waals surface area contributed by atoms with E-state index in [0.717, 1.165) is 65.2 Å². The Hall–Kier alpha value is -3.87. The number of amides is 1. The molecule has 1 aliphatic rings. The number of hydrogen-bond donors (Lipinski definition) is 2. The molecule has 0 bridgehead atoms. The summed E-state index contributed by atoms with van der Waals surface area (Å²) in [7, 11) is 1.67. The number of benzene rings is 2. The molecule has 0 saturated carbocycles. The summed E-state index contributed by atoms with van der Waals surface area (Å²) in [4.78, 5) is 26.8. The van der Waals surface area contributed by atoms with Gasteiger partial charge in [0.15, 0.2) is 0 Å². The van der Waals surface area contributed by atoms with E-state index in [1.807, 2.05) is 54.7 Å². The number of rotatable bonds is 5. The number of nitrogens with zero attached hydrogens (tertiary/aromatic N) is 3. The number of carbonyl (C=O) groups is 1. The molecule has 32 heavy (non-hydrogen) atoms. The van der Waals surface area contributed by atoms with E-state index in [9.17, 15) is 4.79 Å². The zero-order valence-corrected chi connectivity index (χ0v) is 17.9. The van der Waals surface area contributed by atoms with E-state index in [1.54, 1.807) is 19.6 Å². The van der Waals surface area contributed by atoms with Crippen molar-refractivity contribution < 1.29 is 9.53 Å². The first-order valence-corrected chi connectivity index (χ1v) is 10.8. The Morgan fingerprint density at radius 2 is 1.94 bits per heavy atom. The van der Waals surface area contributed by atoms with E-state index in [4.69, 9.17) is 4.74 Å². The molecule has 5 rings (SSSR count). The first kappa shape index (κ1) is 20.1. The van der Waals surface area contributed by atoms with Crippen LogP contribution in [0.4, 0.5) is 11.4 Å². The van der Waals surface area contributed by atoms with Crippen LogP contribution in [0.3, 0.4) is 0 Å². The minimum atomic E-state index is 0.00108. The number of carbonyl (C=O) groups excluding carboxylic acids is 1. The highest BCUT2D eigenvalue weighted by Crippen LogP contribution is 2.32. The number of H-pyrrole nitrogens is 1. The Morgan fingerprint density at radius 3 is 2.66 bits per heavy atom. The molecule has 3 heterocycles. The van der Waals surface area contributed by atoms with Crippen LogP contribution < -0.4 is 15.0 Å². The standard InChI is InChI=1S/C25H25N5O2/c1-32-20-6-7-22-21(14-20)24(8-11-27-22)30-12-9-18(10-13-30)25(31)29-19-4-2-17(3-5-19)23-15-26-16-28-23/h2-8,11,14-16,18H,9-10,12-13H2,1H3,(H,26,28)(H,29,31). The van der Waals surface area contributed by atoms with Crippen molar-refractivity contribution in [1.29, 1.82) is 0 Å². The molecule has 0 spiro atoms. The Labute approximate surface area is 186 Å². The summed E-state index contributed by atoms with van der Waals surface area (Å²) in [6.45, 7) is 1.65. The predicted molar refractivity (Wildman–Crippen MR) is 126 cm³/mol. The lowest BCUT2D eigenvalue weighted by Gasteiger charge is -2.33. The fourth-order valence-electron chi connectivity index (χ4n) is 4.29. The van der Waals surface area contributed by atoms with Gasteiger partial charge in [-0.1, -0.05) is 12.1 Å². The van der Waals surface area contributed by atoms with Crippen molar-refractivity contribution >= 4 is 28.2 Å². The molecule has 0 unspecified atom stereocenters. The molecule has 0 atom stereocenters. The Kier molecular flexibility index (Phi) is 5.46. The fraction of sp³-hybridized carbons (Fsp3) is 0.240. The van der Waals surface area contributed by atoms with Crippen molar-refractivity contribution in [2.75, 3.05) is 30.4 Å². The molecule has 2 aromatic heterocycles. The van der Waals surface area contributed by atoms with E-state index in [0.29, 0.717) is 0 Å². The van der Waals surface area contributed by atoms with Crippen LogP contribution in [0.15, 0.2) is 67.3 Å². The number of methoxy groups -OCH3 is 1.